The Morgan fingerprint density at radius 3 is 2.27 bits per heavy atom. The molecular formula is C8H17IN2. The molecule has 0 aromatic rings. The lowest BCUT2D eigenvalue weighted by Gasteiger charge is -2.23. The predicted octanol–water partition coefficient (Wildman–Crippen LogP) is 2.08. The van der Waals surface area contributed by atoms with E-state index in [1.165, 1.54) is 0 Å². The normalized spacial score (nSPS) is 16.0. The van der Waals surface area contributed by atoms with Crippen molar-refractivity contribution in [3.05, 3.63) is 12.4 Å². The summed E-state index contributed by atoms with van der Waals surface area (Å²) in [7, 11) is 0. The molecule has 0 saturated heterocycles. The van der Waals surface area contributed by atoms with Crippen molar-refractivity contribution in [2.75, 3.05) is 13.2 Å². The predicted molar refractivity (Wildman–Crippen MR) is 58.8 cm³/mol. The van der Waals surface area contributed by atoms with Crippen LogP contribution >= 0.6 is 24.0 Å². The SMILES string of the molecule is CCN1C=CN(C(C)C)C1.I. The van der Waals surface area contributed by atoms with E-state index in [0.717, 1.165) is 13.2 Å². The van der Waals surface area contributed by atoms with Crippen LogP contribution < -0.4 is 0 Å². The third kappa shape index (κ3) is 2.89. The van der Waals surface area contributed by atoms with Crippen molar-refractivity contribution in [3.8, 4) is 0 Å². The molecule has 0 aromatic carbocycles. The molecule has 2 nitrogen and oxygen atoms in total. The van der Waals surface area contributed by atoms with Crippen molar-refractivity contribution in [1.29, 1.82) is 0 Å². The zero-order valence-electron chi connectivity index (χ0n) is 7.45. The van der Waals surface area contributed by atoms with Crippen LogP contribution in [0.25, 0.3) is 0 Å². The average Bonchev–Trinajstić information content (AvgIpc) is 2.34. The Hall–Kier alpha value is 0.0700. The molecule has 0 unspecified atom stereocenters. The summed E-state index contributed by atoms with van der Waals surface area (Å²) in [6.07, 6.45) is 4.31. The summed E-state index contributed by atoms with van der Waals surface area (Å²) in [5.74, 6) is 0. The van der Waals surface area contributed by atoms with E-state index >= 15 is 0 Å². The first-order valence-corrected chi connectivity index (χ1v) is 3.92. The third-order valence-electron chi connectivity index (χ3n) is 1.88. The Bertz CT molecular complexity index is 134. The fourth-order valence-electron chi connectivity index (χ4n) is 1.02. The van der Waals surface area contributed by atoms with Gasteiger partial charge < -0.3 is 9.80 Å². The molecular weight excluding hydrogens is 251 g/mol. The second kappa shape index (κ2) is 4.85. The smallest absolute Gasteiger partial charge is 0.0896 e. The summed E-state index contributed by atoms with van der Waals surface area (Å²) in [5.41, 5.74) is 0. The van der Waals surface area contributed by atoms with E-state index in [4.69, 9.17) is 0 Å². The molecule has 66 valence electrons. The lowest BCUT2D eigenvalue weighted by molar-refractivity contribution is 0.237. The largest absolute Gasteiger partial charge is 0.359 e. The standard InChI is InChI=1S/C8H16N2.HI/c1-4-9-5-6-10(7-9)8(2)3;/h5-6,8H,4,7H2,1-3H3;1H. The van der Waals surface area contributed by atoms with Crippen molar-refractivity contribution in [3.63, 3.8) is 0 Å². The van der Waals surface area contributed by atoms with E-state index in [1.54, 1.807) is 0 Å². The summed E-state index contributed by atoms with van der Waals surface area (Å²) < 4.78 is 0. The second-order valence-electron chi connectivity index (χ2n) is 2.95. The number of halogens is 1. The summed E-state index contributed by atoms with van der Waals surface area (Å²) >= 11 is 0. The van der Waals surface area contributed by atoms with Gasteiger partial charge in [-0.2, -0.15) is 0 Å². The Balaban J connectivity index is 0.000001000. The first-order chi connectivity index (χ1) is 4.74. The van der Waals surface area contributed by atoms with Crippen LogP contribution in [0.2, 0.25) is 0 Å². The molecule has 1 aliphatic rings. The molecule has 11 heavy (non-hydrogen) atoms. The highest BCUT2D eigenvalue weighted by atomic mass is 127. The zero-order chi connectivity index (χ0) is 7.56. The van der Waals surface area contributed by atoms with Crippen molar-refractivity contribution in [1.82, 2.24) is 9.80 Å². The maximum Gasteiger partial charge on any atom is 0.0896 e. The third-order valence-corrected chi connectivity index (χ3v) is 1.88. The van der Waals surface area contributed by atoms with Crippen LogP contribution in [-0.4, -0.2) is 29.1 Å². The van der Waals surface area contributed by atoms with Gasteiger partial charge >= 0.3 is 0 Å². The molecule has 0 aromatic heterocycles. The minimum Gasteiger partial charge on any atom is -0.359 e. The van der Waals surface area contributed by atoms with Crippen LogP contribution in [0.4, 0.5) is 0 Å². The van der Waals surface area contributed by atoms with Crippen LogP contribution in [0.15, 0.2) is 12.4 Å². The van der Waals surface area contributed by atoms with Gasteiger partial charge in [-0.05, 0) is 20.8 Å². The number of hydrogen-bond donors (Lipinski definition) is 0. The van der Waals surface area contributed by atoms with E-state index in [2.05, 4.69) is 43.0 Å². The Morgan fingerprint density at radius 2 is 2.00 bits per heavy atom. The van der Waals surface area contributed by atoms with Crippen molar-refractivity contribution in [2.45, 2.75) is 26.8 Å². The van der Waals surface area contributed by atoms with Crippen LogP contribution in [0, 0.1) is 0 Å². The maximum absolute atomic E-state index is 2.32. The zero-order valence-corrected chi connectivity index (χ0v) is 9.78. The lowest BCUT2D eigenvalue weighted by atomic mass is 10.4. The van der Waals surface area contributed by atoms with E-state index in [0.29, 0.717) is 6.04 Å². The highest BCUT2D eigenvalue weighted by Gasteiger charge is 2.11. The highest BCUT2D eigenvalue weighted by Crippen LogP contribution is 2.08. The lowest BCUT2D eigenvalue weighted by Crippen LogP contribution is -2.29. The van der Waals surface area contributed by atoms with E-state index < -0.39 is 0 Å². The minimum absolute atomic E-state index is 0. The van der Waals surface area contributed by atoms with E-state index in [-0.39, 0.29) is 24.0 Å². The summed E-state index contributed by atoms with van der Waals surface area (Å²) in [6, 6.07) is 0.632. The van der Waals surface area contributed by atoms with E-state index in [1.807, 2.05) is 0 Å². The second-order valence-corrected chi connectivity index (χ2v) is 2.95. The van der Waals surface area contributed by atoms with Gasteiger partial charge in [0.15, 0.2) is 0 Å². The van der Waals surface area contributed by atoms with Gasteiger partial charge in [0.2, 0.25) is 0 Å². The van der Waals surface area contributed by atoms with Crippen molar-refractivity contribution < 1.29 is 0 Å². The number of hydrogen-bond acceptors (Lipinski definition) is 2. The minimum atomic E-state index is 0. The fourth-order valence-corrected chi connectivity index (χ4v) is 1.02. The molecule has 0 atom stereocenters. The Morgan fingerprint density at radius 1 is 1.36 bits per heavy atom. The molecule has 0 aliphatic carbocycles. The number of rotatable bonds is 2. The molecule has 1 heterocycles. The van der Waals surface area contributed by atoms with Crippen LogP contribution in [-0.2, 0) is 0 Å². The van der Waals surface area contributed by atoms with Gasteiger partial charge in [-0.25, -0.2) is 0 Å². The summed E-state index contributed by atoms with van der Waals surface area (Å²) in [5, 5.41) is 0. The summed E-state index contributed by atoms with van der Waals surface area (Å²) in [4.78, 5) is 4.61. The molecule has 0 bridgehead atoms. The van der Waals surface area contributed by atoms with Gasteiger partial charge in [-0.1, -0.05) is 0 Å². The van der Waals surface area contributed by atoms with Crippen LogP contribution in [0.5, 0.6) is 0 Å². The van der Waals surface area contributed by atoms with Gasteiger partial charge in [0, 0.05) is 25.0 Å². The molecule has 1 aliphatic heterocycles. The van der Waals surface area contributed by atoms with Gasteiger partial charge in [-0.15, -0.1) is 24.0 Å². The molecule has 1 rings (SSSR count). The number of nitrogens with zero attached hydrogens (tertiary/aromatic N) is 2. The quantitative estimate of drug-likeness (QED) is 0.707. The molecule has 0 fully saturated rings. The highest BCUT2D eigenvalue weighted by molar-refractivity contribution is 14.0. The Kier molecular flexibility index (Phi) is 4.88. The van der Waals surface area contributed by atoms with Crippen LogP contribution in [0.1, 0.15) is 20.8 Å². The molecule has 0 saturated carbocycles. The van der Waals surface area contributed by atoms with Gasteiger partial charge in [0.1, 0.15) is 0 Å². The fraction of sp³-hybridized carbons (Fsp3) is 0.750. The van der Waals surface area contributed by atoms with Crippen LogP contribution in [0.3, 0.4) is 0 Å². The van der Waals surface area contributed by atoms with Crippen molar-refractivity contribution in [2.24, 2.45) is 0 Å². The van der Waals surface area contributed by atoms with Gasteiger partial charge in [0.25, 0.3) is 0 Å². The molecule has 3 heteroatoms. The summed E-state index contributed by atoms with van der Waals surface area (Å²) in [6.45, 7) is 8.77. The molecule has 0 N–H and O–H groups in total. The first kappa shape index (κ1) is 11.1. The van der Waals surface area contributed by atoms with Gasteiger partial charge in [-0.3, -0.25) is 0 Å². The first-order valence-electron chi connectivity index (χ1n) is 3.92. The molecule has 0 amide bonds. The van der Waals surface area contributed by atoms with Gasteiger partial charge in [0.05, 0.1) is 6.67 Å². The molecule has 0 radical (unpaired) electrons. The monoisotopic (exact) mass is 268 g/mol. The average molecular weight is 268 g/mol. The topological polar surface area (TPSA) is 6.48 Å². The van der Waals surface area contributed by atoms with Crippen molar-refractivity contribution >= 4 is 24.0 Å². The maximum atomic E-state index is 2.32. The van der Waals surface area contributed by atoms with E-state index in [9.17, 15) is 0 Å². The molecule has 0 spiro atoms. The Labute approximate surface area is 86.3 Å².